The predicted molar refractivity (Wildman–Crippen MR) is 90.8 cm³/mol. The van der Waals surface area contributed by atoms with Crippen molar-refractivity contribution in [1.29, 1.82) is 0 Å². The molecule has 2 heterocycles. The van der Waals surface area contributed by atoms with Gasteiger partial charge in [-0.05, 0) is 30.7 Å². The Morgan fingerprint density at radius 1 is 1.04 bits per heavy atom. The summed E-state index contributed by atoms with van der Waals surface area (Å²) >= 11 is 5.95. The molecular weight excluding hydrogens is 310 g/mol. The third kappa shape index (κ3) is 2.94. The van der Waals surface area contributed by atoms with Gasteiger partial charge in [-0.1, -0.05) is 47.1 Å². The van der Waals surface area contributed by atoms with E-state index in [0.29, 0.717) is 5.82 Å². The second kappa shape index (κ2) is 6.05. The fraction of sp³-hybridized carbons (Fsp3) is 0.222. The van der Waals surface area contributed by atoms with E-state index in [4.69, 9.17) is 16.1 Å². The average Bonchev–Trinajstić information content (AvgIpc) is 3.26. The van der Waals surface area contributed by atoms with Crippen LogP contribution in [-0.4, -0.2) is 23.2 Å². The van der Waals surface area contributed by atoms with Crippen LogP contribution in [0.25, 0.3) is 11.4 Å². The number of hydrogen-bond donors (Lipinski definition) is 0. The minimum atomic E-state index is 0.274. The Hall–Kier alpha value is -2.33. The average molecular weight is 326 g/mol. The van der Waals surface area contributed by atoms with Gasteiger partial charge in [-0.3, -0.25) is 0 Å². The van der Waals surface area contributed by atoms with Gasteiger partial charge >= 0.3 is 0 Å². The van der Waals surface area contributed by atoms with Gasteiger partial charge in [0.2, 0.25) is 11.7 Å². The molecule has 5 heteroatoms. The highest BCUT2D eigenvalue weighted by Crippen LogP contribution is 2.31. The van der Waals surface area contributed by atoms with Gasteiger partial charge in [0.25, 0.3) is 0 Å². The number of aromatic nitrogens is 2. The van der Waals surface area contributed by atoms with Crippen molar-refractivity contribution < 1.29 is 4.52 Å². The first-order valence-corrected chi connectivity index (χ1v) is 8.07. The van der Waals surface area contributed by atoms with Crippen molar-refractivity contribution in [2.45, 2.75) is 12.3 Å². The summed E-state index contributed by atoms with van der Waals surface area (Å²) in [6.45, 7) is 1.87. The molecule has 4 rings (SSSR count). The van der Waals surface area contributed by atoms with Crippen LogP contribution in [0.5, 0.6) is 0 Å². The fourth-order valence-corrected chi connectivity index (χ4v) is 3.08. The molecule has 0 aliphatic carbocycles. The largest absolute Gasteiger partial charge is 0.371 e. The van der Waals surface area contributed by atoms with Crippen LogP contribution in [0.15, 0.2) is 59.1 Å². The first kappa shape index (κ1) is 14.3. The fourth-order valence-electron chi connectivity index (χ4n) is 2.95. The zero-order chi connectivity index (χ0) is 15.6. The van der Waals surface area contributed by atoms with Crippen LogP contribution >= 0.6 is 11.6 Å². The molecule has 0 saturated carbocycles. The molecule has 0 N–H and O–H groups in total. The lowest BCUT2D eigenvalue weighted by Gasteiger charge is -2.17. The molecule has 0 amide bonds. The maximum Gasteiger partial charge on any atom is 0.231 e. The van der Waals surface area contributed by atoms with Gasteiger partial charge in [-0.15, -0.1) is 0 Å². The normalized spacial score (nSPS) is 17.6. The molecule has 2 aromatic carbocycles. The summed E-state index contributed by atoms with van der Waals surface area (Å²) in [6.07, 6.45) is 1.01. The van der Waals surface area contributed by atoms with Gasteiger partial charge < -0.3 is 9.42 Å². The minimum Gasteiger partial charge on any atom is -0.371 e. The molecule has 1 aliphatic heterocycles. The van der Waals surface area contributed by atoms with E-state index >= 15 is 0 Å². The highest BCUT2D eigenvalue weighted by Gasteiger charge is 2.28. The highest BCUT2D eigenvalue weighted by molar-refractivity contribution is 6.30. The number of nitrogens with zero attached hydrogens (tertiary/aromatic N) is 3. The van der Waals surface area contributed by atoms with Crippen molar-refractivity contribution >= 4 is 17.3 Å². The van der Waals surface area contributed by atoms with Gasteiger partial charge in [-0.25, -0.2) is 0 Å². The number of hydrogen-bond acceptors (Lipinski definition) is 4. The summed E-state index contributed by atoms with van der Waals surface area (Å²) in [4.78, 5) is 6.91. The highest BCUT2D eigenvalue weighted by atomic mass is 35.5. The molecule has 1 atom stereocenters. The molecular formula is C18H16ClN3O. The molecule has 0 spiro atoms. The Kier molecular flexibility index (Phi) is 3.75. The lowest BCUT2D eigenvalue weighted by molar-refractivity contribution is 0.360. The van der Waals surface area contributed by atoms with Crippen molar-refractivity contribution in [2.75, 3.05) is 18.0 Å². The Labute approximate surface area is 139 Å². The third-order valence-electron chi connectivity index (χ3n) is 4.20. The van der Waals surface area contributed by atoms with Crippen LogP contribution in [0, 0.1) is 0 Å². The van der Waals surface area contributed by atoms with E-state index in [-0.39, 0.29) is 5.92 Å². The lowest BCUT2D eigenvalue weighted by atomic mass is 10.1. The standard InChI is InChI=1S/C18H16ClN3O/c19-15-6-8-16(9-7-15)22-11-10-14(12-22)18-20-17(21-23-18)13-4-2-1-3-5-13/h1-9,14H,10-12H2. The third-order valence-corrected chi connectivity index (χ3v) is 4.45. The van der Waals surface area contributed by atoms with Crippen LogP contribution in [0.2, 0.25) is 5.02 Å². The summed E-state index contributed by atoms with van der Waals surface area (Å²) in [6, 6.07) is 17.8. The summed E-state index contributed by atoms with van der Waals surface area (Å²) in [5.41, 5.74) is 2.16. The molecule has 0 bridgehead atoms. The Morgan fingerprint density at radius 3 is 2.61 bits per heavy atom. The van der Waals surface area contributed by atoms with E-state index in [1.54, 1.807) is 0 Å². The molecule has 116 valence electrons. The van der Waals surface area contributed by atoms with Crippen molar-refractivity contribution in [3.05, 3.63) is 65.5 Å². The van der Waals surface area contributed by atoms with Gasteiger partial charge in [-0.2, -0.15) is 4.98 Å². The monoisotopic (exact) mass is 325 g/mol. The summed E-state index contributed by atoms with van der Waals surface area (Å²) in [7, 11) is 0. The first-order chi connectivity index (χ1) is 11.3. The molecule has 1 aliphatic rings. The van der Waals surface area contributed by atoms with Crippen molar-refractivity contribution in [2.24, 2.45) is 0 Å². The van der Waals surface area contributed by atoms with Crippen LogP contribution in [0.1, 0.15) is 18.2 Å². The van der Waals surface area contributed by atoms with Crippen LogP contribution in [-0.2, 0) is 0 Å². The number of rotatable bonds is 3. The van der Waals surface area contributed by atoms with E-state index in [9.17, 15) is 0 Å². The maximum absolute atomic E-state index is 5.95. The van der Waals surface area contributed by atoms with E-state index in [2.05, 4.69) is 15.0 Å². The zero-order valence-corrected chi connectivity index (χ0v) is 13.3. The number of anilines is 1. The van der Waals surface area contributed by atoms with Crippen LogP contribution < -0.4 is 4.90 Å². The Morgan fingerprint density at radius 2 is 1.83 bits per heavy atom. The van der Waals surface area contributed by atoms with E-state index in [1.807, 2.05) is 54.6 Å². The van der Waals surface area contributed by atoms with Gasteiger partial charge in [0, 0.05) is 29.4 Å². The van der Waals surface area contributed by atoms with Crippen LogP contribution in [0.3, 0.4) is 0 Å². The molecule has 0 radical (unpaired) electrons. The molecule has 1 saturated heterocycles. The summed E-state index contributed by atoms with van der Waals surface area (Å²) < 4.78 is 5.50. The van der Waals surface area contributed by atoms with Gasteiger partial charge in [0.1, 0.15) is 0 Å². The summed E-state index contributed by atoms with van der Waals surface area (Å²) in [5, 5.41) is 4.88. The molecule has 1 aromatic heterocycles. The predicted octanol–water partition coefficient (Wildman–Crippen LogP) is 4.38. The topological polar surface area (TPSA) is 42.2 Å². The quantitative estimate of drug-likeness (QED) is 0.716. The Bertz CT molecular complexity index is 786. The smallest absolute Gasteiger partial charge is 0.231 e. The van der Waals surface area contributed by atoms with Gasteiger partial charge in [0.15, 0.2) is 0 Å². The molecule has 3 aromatic rings. The van der Waals surface area contributed by atoms with E-state index < -0.39 is 0 Å². The van der Waals surface area contributed by atoms with E-state index in [0.717, 1.165) is 36.0 Å². The second-order valence-corrected chi connectivity index (χ2v) is 6.17. The first-order valence-electron chi connectivity index (χ1n) is 7.69. The number of benzene rings is 2. The van der Waals surface area contributed by atoms with E-state index in [1.165, 1.54) is 5.69 Å². The summed E-state index contributed by atoms with van der Waals surface area (Å²) in [5.74, 6) is 1.65. The Balaban J connectivity index is 1.50. The van der Waals surface area contributed by atoms with Crippen LogP contribution in [0.4, 0.5) is 5.69 Å². The van der Waals surface area contributed by atoms with Crippen molar-refractivity contribution in [3.8, 4) is 11.4 Å². The molecule has 1 unspecified atom stereocenters. The zero-order valence-electron chi connectivity index (χ0n) is 12.5. The molecule has 23 heavy (non-hydrogen) atoms. The van der Waals surface area contributed by atoms with Crippen molar-refractivity contribution in [3.63, 3.8) is 0 Å². The lowest BCUT2D eigenvalue weighted by Crippen LogP contribution is -2.19. The SMILES string of the molecule is Clc1ccc(N2CCC(c3nc(-c4ccccc4)no3)C2)cc1. The number of halogens is 1. The maximum atomic E-state index is 5.95. The molecule has 1 fully saturated rings. The molecule has 4 nitrogen and oxygen atoms in total. The second-order valence-electron chi connectivity index (χ2n) is 5.73. The van der Waals surface area contributed by atoms with Crippen molar-refractivity contribution in [1.82, 2.24) is 10.1 Å². The minimum absolute atomic E-state index is 0.274. The van der Waals surface area contributed by atoms with Gasteiger partial charge in [0.05, 0.1) is 5.92 Å².